The number of pyridine rings is 1. The first kappa shape index (κ1) is 23.1. The summed E-state index contributed by atoms with van der Waals surface area (Å²) < 4.78 is 11.3. The van der Waals surface area contributed by atoms with Crippen molar-refractivity contribution in [3.63, 3.8) is 0 Å². The molecule has 0 aliphatic heterocycles. The van der Waals surface area contributed by atoms with E-state index in [1.54, 1.807) is 7.11 Å². The van der Waals surface area contributed by atoms with E-state index < -0.39 is 6.10 Å². The van der Waals surface area contributed by atoms with Gasteiger partial charge in [-0.2, -0.15) is 0 Å². The third-order valence-electron chi connectivity index (χ3n) is 5.05. The van der Waals surface area contributed by atoms with Gasteiger partial charge in [0.2, 0.25) is 0 Å². The SMILES string of the molecule is CCN(CC)C[C@H](O)COc1cc(CN(C)Cc2ccncc2C)ccc1OC. The van der Waals surface area contributed by atoms with Gasteiger partial charge in [0.25, 0.3) is 0 Å². The lowest BCUT2D eigenvalue weighted by atomic mass is 10.1. The fraction of sp³-hybridized carbons (Fsp3) is 0.522. The second-order valence-corrected chi connectivity index (χ2v) is 7.41. The maximum absolute atomic E-state index is 10.3. The van der Waals surface area contributed by atoms with E-state index in [1.807, 2.05) is 30.6 Å². The van der Waals surface area contributed by atoms with Crippen molar-refractivity contribution in [2.24, 2.45) is 0 Å². The number of aryl methyl sites for hydroxylation is 1. The minimum atomic E-state index is -0.541. The number of methoxy groups -OCH3 is 1. The van der Waals surface area contributed by atoms with Crippen molar-refractivity contribution >= 4 is 0 Å². The lowest BCUT2D eigenvalue weighted by Gasteiger charge is -2.23. The molecule has 0 aliphatic rings. The van der Waals surface area contributed by atoms with Gasteiger partial charge in [-0.05, 0) is 62.0 Å². The average Bonchev–Trinajstić information content (AvgIpc) is 2.72. The molecule has 0 spiro atoms. The monoisotopic (exact) mass is 401 g/mol. The molecule has 0 saturated carbocycles. The maximum atomic E-state index is 10.3. The van der Waals surface area contributed by atoms with Gasteiger partial charge < -0.3 is 19.5 Å². The first-order valence-electron chi connectivity index (χ1n) is 10.2. The molecular weight excluding hydrogens is 366 g/mol. The number of likely N-dealkylation sites (N-methyl/N-ethyl adjacent to an activating group) is 1. The highest BCUT2D eigenvalue weighted by Crippen LogP contribution is 2.29. The van der Waals surface area contributed by atoms with Gasteiger partial charge in [0, 0.05) is 32.0 Å². The molecule has 160 valence electrons. The van der Waals surface area contributed by atoms with Crippen LogP contribution >= 0.6 is 0 Å². The van der Waals surface area contributed by atoms with Crippen LogP contribution < -0.4 is 9.47 Å². The molecule has 29 heavy (non-hydrogen) atoms. The second kappa shape index (κ2) is 11.8. The zero-order valence-corrected chi connectivity index (χ0v) is 18.4. The van der Waals surface area contributed by atoms with Crippen molar-refractivity contribution in [3.8, 4) is 11.5 Å². The van der Waals surface area contributed by atoms with Crippen molar-refractivity contribution in [3.05, 3.63) is 53.3 Å². The van der Waals surface area contributed by atoms with E-state index in [4.69, 9.17) is 9.47 Å². The number of benzene rings is 1. The van der Waals surface area contributed by atoms with Crippen molar-refractivity contribution < 1.29 is 14.6 Å². The van der Waals surface area contributed by atoms with Crippen molar-refractivity contribution in [1.29, 1.82) is 0 Å². The van der Waals surface area contributed by atoms with Crippen molar-refractivity contribution in [1.82, 2.24) is 14.8 Å². The van der Waals surface area contributed by atoms with Crippen LogP contribution in [0, 0.1) is 6.92 Å². The molecule has 1 N–H and O–H groups in total. The highest BCUT2D eigenvalue weighted by atomic mass is 16.5. The topological polar surface area (TPSA) is 58.1 Å². The molecule has 1 aromatic heterocycles. The van der Waals surface area contributed by atoms with Gasteiger partial charge in [-0.15, -0.1) is 0 Å². The number of aromatic nitrogens is 1. The van der Waals surface area contributed by atoms with Crippen molar-refractivity contribution in [2.45, 2.75) is 40.0 Å². The largest absolute Gasteiger partial charge is 0.493 e. The molecule has 1 heterocycles. The number of hydrogen-bond donors (Lipinski definition) is 1. The zero-order valence-electron chi connectivity index (χ0n) is 18.4. The normalized spacial score (nSPS) is 12.4. The lowest BCUT2D eigenvalue weighted by Crippen LogP contribution is -2.35. The number of hydrogen-bond acceptors (Lipinski definition) is 6. The van der Waals surface area contributed by atoms with E-state index in [-0.39, 0.29) is 6.61 Å². The van der Waals surface area contributed by atoms with Crippen LogP contribution in [0.25, 0.3) is 0 Å². The first-order valence-corrected chi connectivity index (χ1v) is 10.2. The minimum Gasteiger partial charge on any atom is -0.493 e. The maximum Gasteiger partial charge on any atom is 0.161 e. The molecule has 0 saturated heterocycles. The number of ether oxygens (including phenoxy) is 2. The Labute approximate surface area is 175 Å². The fourth-order valence-corrected chi connectivity index (χ4v) is 3.29. The van der Waals surface area contributed by atoms with Crippen LogP contribution in [0.15, 0.2) is 36.7 Å². The summed E-state index contributed by atoms with van der Waals surface area (Å²) in [5, 5.41) is 10.3. The van der Waals surface area contributed by atoms with Crippen LogP contribution in [-0.2, 0) is 13.1 Å². The van der Waals surface area contributed by atoms with Gasteiger partial charge in [-0.1, -0.05) is 19.9 Å². The van der Waals surface area contributed by atoms with Gasteiger partial charge in [-0.25, -0.2) is 0 Å². The Hall–Kier alpha value is -2.15. The van der Waals surface area contributed by atoms with E-state index >= 15 is 0 Å². The molecule has 0 unspecified atom stereocenters. The summed E-state index contributed by atoms with van der Waals surface area (Å²) in [6.45, 7) is 10.6. The summed E-state index contributed by atoms with van der Waals surface area (Å²) in [6.07, 6.45) is 3.19. The van der Waals surface area contributed by atoms with E-state index in [0.717, 1.165) is 31.7 Å². The van der Waals surface area contributed by atoms with E-state index in [0.29, 0.717) is 18.0 Å². The predicted octanol–water partition coefficient (Wildman–Crippen LogP) is 3.11. The molecule has 1 aromatic carbocycles. The predicted molar refractivity (Wildman–Crippen MR) is 116 cm³/mol. The fourth-order valence-electron chi connectivity index (χ4n) is 3.29. The van der Waals surface area contributed by atoms with Crippen LogP contribution in [0.3, 0.4) is 0 Å². The molecular formula is C23H35N3O3. The van der Waals surface area contributed by atoms with E-state index in [9.17, 15) is 5.11 Å². The molecule has 6 nitrogen and oxygen atoms in total. The smallest absolute Gasteiger partial charge is 0.161 e. The number of aliphatic hydroxyl groups is 1. The molecule has 0 bridgehead atoms. The van der Waals surface area contributed by atoms with E-state index in [1.165, 1.54) is 11.1 Å². The number of rotatable bonds is 12. The van der Waals surface area contributed by atoms with Gasteiger partial charge >= 0.3 is 0 Å². The Morgan fingerprint density at radius 3 is 2.52 bits per heavy atom. The zero-order chi connectivity index (χ0) is 21.2. The minimum absolute atomic E-state index is 0.238. The van der Waals surface area contributed by atoms with Gasteiger partial charge in [0.05, 0.1) is 7.11 Å². The highest BCUT2D eigenvalue weighted by molar-refractivity contribution is 5.43. The number of aliphatic hydroxyl groups excluding tert-OH is 1. The Bertz CT molecular complexity index is 750. The van der Waals surface area contributed by atoms with Crippen LogP contribution in [0.5, 0.6) is 11.5 Å². The Morgan fingerprint density at radius 1 is 1.10 bits per heavy atom. The summed E-state index contributed by atoms with van der Waals surface area (Å²) >= 11 is 0. The Balaban J connectivity index is 1.99. The second-order valence-electron chi connectivity index (χ2n) is 7.41. The van der Waals surface area contributed by atoms with Gasteiger partial charge in [-0.3, -0.25) is 9.88 Å². The Morgan fingerprint density at radius 2 is 1.86 bits per heavy atom. The standard InChI is InChI=1S/C23H35N3O3/c1-6-26(7-2)16-21(27)17-29-23-12-19(8-9-22(23)28-5)14-25(4)15-20-10-11-24-13-18(20)3/h8-13,21,27H,6-7,14-17H2,1-5H3/t21-/m0/s1. The van der Waals surface area contributed by atoms with Gasteiger partial charge in [0.15, 0.2) is 11.5 Å². The molecule has 6 heteroatoms. The highest BCUT2D eigenvalue weighted by Gasteiger charge is 2.13. The quantitative estimate of drug-likeness (QED) is 0.590. The molecule has 0 aliphatic carbocycles. The molecule has 1 atom stereocenters. The number of nitrogens with zero attached hydrogens (tertiary/aromatic N) is 3. The van der Waals surface area contributed by atoms with Crippen molar-refractivity contribution in [2.75, 3.05) is 40.4 Å². The van der Waals surface area contributed by atoms with E-state index in [2.05, 4.69) is 48.7 Å². The Kier molecular flexibility index (Phi) is 9.38. The van der Waals surface area contributed by atoms with Crippen LogP contribution in [0.2, 0.25) is 0 Å². The summed E-state index contributed by atoms with van der Waals surface area (Å²) in [6, 6.07) is 8.03. The molecule has 0 amide bonds. The molecule has 0 radical (unpaired) electrons. The summed E-state index contributed by atoms with van der Waals surface area (Å²) in [5.74, 6) is 1.34. The summed E-state index contributed by atoms with van der Waals surface area (Å²) in [7, 11) is 3.73. The lowest BCUT2D eigenvalue weighted by molar-refractivity contribution is 0.0705. The van der Waals surface area contributed by atoms with Crippen LogP contribution in [0.1, 0.15) is 30.5 Å². The van der Waals surface area contributed by atoms with Gasteiger partial charge in [0.1, 0.15) is 12.7 Å². The first-order chi connectivity index (χ1) is 14.0. The third-order valence-corrected chi connectivity index (χ3v) is 5.05. The molecule has 2 aromatic rings. The molecule has 2 rings (SSSR count). The average molecular weight is 402 g/mol. The summed E-state index contributed by atoms with van der Waals surface area (Å²) in [5.41, 5.74) is 3.60. The van der Waals surface area contributed by atoms with Crippen LogP contribution in [-0.4, -0.2) is 66.4 Å². The summed E-state index contributed by atoms with van der Waals surface area (Å²) in [4.78, 5) is 8.59. The van der Waals surface area contributed by atoms with Crippen LogP contribution in [0.4, 0.5) is 0 Å². The third kappa shape index (κ3) is 7.31. The molecule has 0 fully saturated rings.